The minimum atomic E-state index is -0.338. The van der Waals surface area contributed by atoms with E-state index in [9.17, 15) is 10.1 Å². The van der Waals surface area contributed by atoms with Gasteiger partial charge in [-0.3, -0.25) is 10.1 Å². The van der Waals surface area contributed by atoms with Crippen molar-refractivity contribution in [2.24, 2.45) is 0 Å². The molecule has 1 heterocycles. The Labute approximate surface area is 112 Å². The molecule has 0 aliphatic rings. The van der Waals surface area contributed by atoms with Crippen molar-refractivity contribution in [2.75, 3.05) is 0 Å². The molecular formula is C11H8ClNO2S2. The Morgan fingerprint density at radius 3 is 2.65 bits per heavy atom. The molecule has 0 spiro atoms. The molecule has 0 aliphatic heterocycles. The van der Waals surface area contributed by atoms with E-state index in [4.69, 9.17) is 11.6 Å². The predicted octanol–water partition coefficient (Wildman–Crippen LogP) is 4.60. The van der Waals surface area contributed by atoms with Gasteiger partial charge in [0.2, 0.25) is 0 Å². The van der Waals surface area contributed by atoms with E-state index in [2.05, 4.69) is 0 Å². The van der Waals surface area contributed by atoms with Gasteiger partial charge in [-0.2, -0.15) is 0 Å². The van der Waals surface area contributed by atoms with Gasteiger partial charge in [0.25, 0.3) is 0 Å². The Kier molecular flexibility index (Phi) is 4.04. The third-order valence-corrected chi connectivity index (χ3v) is 4.45. The zero-order chi connectivity index (χ0) is 12.3. The van der Waals surface area contributed by atoms with Crippen molar-refractivity contribution in [1.29, 1.82) is 0 Å². The van der Waals surface area contributed by atoms with Gasteiger partial charge in [-0.1, -0.05) is 35.1 Å². The highest BCUT2D eigenvalue weighted by atomic mass is 35.5. The first kappa shape index (κ1) is 12.4. The molecule has 0 aliphatic carbocycles. The molecule has 0 fully saturated rings. The normalized spacial score (nSPS) is 10.4. The average Bonchev–Trinajstić information content (AvgIpc) is 2.76. The quantitative estimate of drug-likeness (QED) is 0.468. The number of hydrogen-bond donors (Lipinski definition) is 0. The molecule has 3 nitrogen and oxygen atoms in total. The molecule has 0 atom stereocenters. The molecule has 17 heavy (non-hydrogen) atoms. The lowest BCUT2D eigenvalue weighted by atomic mass is 10.2. The van der Waals surface area contributed by atoms with Crippen LogP contribution in [0.15, 0.2) is 40.6 Å². The van der Waals surface area contributed by atoms with Gasteiger partial charge in [0, 0.05) is 10.8 Å². The first-order valence-electron chi connectivity index (χ1n) is 4.76. The van der Waals surface area contributed by atoms with Gasteiger partial charge in [-0.05, 0) is 29.1 Å². The first-order valence-corrected chi connectivity index (χ1v) is 7.00. The summed E-state index contributed by atoms with van der Waals surface area (Å²) in [6.45, 7) is 0. The third-order valence-electron chi connectivity index (χ3n) is 2.08. The van der Waals surface area contributed by atoms with Crippen molar-refractivity contribution in [3.63, 3.8) is 0 Å². The summed E-state index contributed by atoms with van der Waals surface area (Å²) in [5.41, 5.74) is 1.10. The molecule has 88 valence electrons. The van der Waals surface area contributed by atoms with Gasteiger partial charge in [0.05, 0.1) is 9.82 Å². The number of thiophene rings is 1. The van der Waals surface area contributed by atoms with Crippen LogP contribution in [0.4, 0.5) is 5.00 Å². The summed E-state index contributed by atoms with van der Waals surface area (Å²) in [5.74, 6) is 0.703. The Morgan fingerprint density at radius 1 is 1.29 bits per heavy atom. The van der Waals surface area contributed by atoms with E-state index in [0.717, 1.165) is 21.8 Å². The van der Waals surface area contributed by atoms with E-state index in [1.165, 1.54) is 11.8 Å². The fraction of sp³-hybridized carbons (Fsp3) is 0.0909. The molecule has 2 rings (SSSR count). The van der Waals surface area contributed by atoms with Crippen molar-refractivity contribution >= 4 is 39.7 Å². The first-order chi connectivity index (χ1) is 8.16. The van der Waals surface area contributed by atoms with Crippen LogP contribution in [0.1, 0.15) is 5.56 Å². The monoisotopic (exact) mass is 285 g/mol. The van der Waals surface area contributed by atoms with Crippen LogP contribution in [0.3, 0.4) is 0 Å². The Morgan fingerprint density at radius 2 is 2.00 bits per heavy atom. The number of hydrogen-bond acceptors (Lipinski definition) is 4. The zero-order valence-corrected chi connectivity index (χ0v) is 11.0. The Bertz CT molecular complexity index is 525. The second kappa shape index (κ2) is 5.53. The number of rotatable bonds is 4. The van der Waals surface area contributed by atoms with Crippen LogP contribution in [-0.2, 0) is 5.75 Å². The standard InChI is InChI=1S/C11H8ClNO2S2/c12-9-3-1-8(2-4-9)7-17-10-5-6-16-11(10)13(14)15/h1-6H,7H2. The average molecular weight is 286 g/mol. The van der Waals surface area contributed by atoms with Crippen molar-refractivity contribution in [1.82, 2.24) is 0 Å². The number of nitrogens with zero attached hydrogens (tertiary/aromatic N) is 1. The fourth-order valence-corrected chi connectivity index (χ4v) is 3.29. The smallest absolute Gasteiger partial charge is 0.258 e. The van der Waals surface area contributed by atoms with Gasteiger partial charge in [0.1, 0.15) is 0 Å². The Hall–Kier alpha value is -1.04. The molecule has 0 saturated heterocycles. The summed E-state index contributed by atoms with van der Waals surface area (Å²) in [7, 11) is 0. The molecule has 2 aromatic rings. The van der Waals surface area contributed by atoms with E-state index in [-0.39, 0.29) is 9.92 Å². The van der Waals surface area contributed by atoms with Crippen molar-refractivity contribution < 1.29 is 4.92 Å². The lowest BCUT2D eigenvalue weighted by molar-refractivity contribution is -0.382. The minimum absolute atomic E-state index is 0.212. The van der Waals surface area contributed by atoms with Crippen molar-refractivity contribution in [3.8, 4) is 0 Å². The number of halogens is 1. The van der Waals surface area contributed by atoms with Crippen LogP contribution in [0, 0.1) is 10.1 Å². The van der Waals surface area contributed by atoms with Crippen molar-refractivity contribution in [3.05, 3.63) is 56.4 Å². The number of thioether (sulfide) groups is 1. The third kappa shape index (κ3) is 3.21. The lowest BCUT2D eigenvalue weighted by Gasteiger charge is -2.00. The molecule has 0 saturated carbocycles. The van der Waals surface area contributed by atoms with Gasteiger partial charge in [-0.25, -0.2) is 0 Å². The Balaban J connectivity index is 2.05. The topological polar surface area (TPSA) is 43.1 Å². The molecule has 0 bridgehead atoms. The maximum absolute atomic E-state index is 10.7. The molecule has 1 aromatic heterocycles. The molecule has 1 aromatic carbocycles. The van der Waals surface area contributed by atoms with E-state index in [0.29, 0.717) is 10.8 Å². The van der Waals surface area contributed by atoms with Crippen LogP contribution < -0.4 is 0 Å². The largest absolute Gasteiger partial charge is 0.337 e. The molecular weight excluding hydrogens is 278 g/mol. The predicted molar refractivity (Wildman–Crippen MR) is 72.0 cm³/mol. The van der Waals surface area contributed by atoms with Crippen molar-refractivity contribution in [2.45, 2.75) is 10.6 Å². The highest BCUT2D eigenvalue weighted by Crippen LogP contribution is 2.35. The summed E-state index contributed by atoms with van der Waals surface area (Å²) in [6, 6.07) is 9.27. The number of benzene rings is 1. The van der Waals surface area contributed by atoms with E-state index < -0.39 is 0 Å². The van der Waals surface area contributed by atoms with Gasteiger partial charge in [-0.15, -0.1) is 11.8 Å². The molecule has 0 unspecified atom stereocenters. The SMILES string of the molecule is O=[N+]([O-])c1sccc1SCc1ccc(Cl)cc1. The molecule has 0 amide bonds. The zero-order valence-electron chi connectivity index (χ0n) is 8.63. The van der Waals surface area contributed by atoms with E-state index in [1.807, 2.05) is 24.3 Å². The van der Waals surface area contributed by atoms with Crippen LogP contribution >= 0.6 is 34.7 Å². The highest BCUT2D eigenvalue weighted by molar-refractivity contribution is 7.98. The number of nitro groups is 1. The summed E-state index contributed by atoms with van der Waals surface area (Å²) < 4.78 is 0. The van der Waals surface area contributed by atoms with Crippen LogP contribution in [0.2, 0.25) is 5.02 Å². The van der Waals surface area contributed by atoms with Gasteiger partial charge >= 0.3 is 5.00 Å². The van der Waals surface area contributed by atoms with Gasteiger partial charge < -0.3 is 0 Å². The van der Waals surface area contributed by atoms with E-state index in [1.54, 1.807) is 11.4 Å². The second-order valence-electron chi connectivity index (χ2n) is 3.26. The minimum Gasteiger partial charge on any atom is -0.258 e. The maximum atomic E-state index is 10.7. The summed E-state index contributed by atoms with van der Waals surface area (Å²) in [6.07, 6.45) is 0. The molecule has 6 heteroatoms. The van der Waals surface area contributed by atoms with Crippen LogP contribution in [0.5, 0.6) is 0 Å². The lowest BCUT2D eigenvalue weighted by Crippen LogP contribution is -1.86. The summed E-state index contributed by atoms with van der Waals surface area (Å²) >= 11 is 8.40. The van der Waals surface area contributed by atoms with Crippen LogP contribution in [-0.4, -0.2) is 4.92 Å². The second-order valence-corrected chi connectivity index (χ2v) is 5.61. The summed E-state index contributed by atoms with van der Waals surface area (Å²) in [5, 5.41) is 13.4. The maximum Gasteiger partial charge on any atom is 0.337 e. The fourth-order valence-electron chi connectivity index (χ4n) is 1.27. The molecule has 0 radical (unpaired) electrons. The van der Waals surface area contributed by atoms with E-state index >= 15 is 0 Å². The van der Waals surface area contributed by atoms with Gasteiger partial charge in [0.15, 0.2) is 0 Å². The summed E-state index contributed by atoms with van der Waals surface area (Å²) in [4.78, 5) is 11.1. The molecule has 0 N–H and O–H groups in total. The van der Waals surface area contributed by atoms with Crippen LogP contribution in [0.25, 0.3) is 0 Å². The highest BCUT2D eigenvalue weighted by Gasteiger charge is 2.15.